The van der Waals surface area contributed by atoms with Crippen molar-refractivity contribution in [3.8, 4) is 11.5 Å². The highest BCUT2D eigenvalue weighted by Gasteiger charge is 2.53. The van der Waals surface area contributed by atoms with E-state index in [1.807, 2.05) is 94.6 Å². The zero-order chi connectivity index (χ0) is 91.8. The van der Waals surface area contributed by atoms with Gasteiger partial charge in [-0.05, 0) is 199 Å². The number of nitrogens with zero attached hydrogens (tertiary/aromatic N) is 12. The van der Waals surface area contributed by atoms with E-state index in [0.29, 0.717) is 89.1 Å². The first-order chi connectivity index (χ1) is 59.6. The Morgan fingerprint density at radius 1 is 0.397 bits per heavy atom. The van der Waals surface area contributed by atoms with Crippen molar-refractivity contribution in [2.45, 2.75) is 179 Å². The van der Waals surface area contributed by atoms with E-state index in [1.54, 1.807) is 92.2 Å². The molecule has 0 radical (unpaired) electrons. The molecule has 12 rings (SSSR count). The summed E-state index contributed by atoms with van der Waals surface area (Å²) in [5.74, 6) is -0.521. The van der Waals surface area contributed by atoms with Crippen molar-refractivity contribution >= 4 is 53.5 Å². The summed E-state index contributed by atoms with van der Waals surface area (Å²) in [6.07, 6.45) is -11.4. The van der Waals surface area contributed by atoms with E-state index in [-0.39, 0.29) is 133 Å². The lowest BCUT2D eigenvalue weighted by atomic mass is 9.98. The second-order valence-electron chi connectivity index (χ2n) is 33.4. The number of benzene rings is 6. The molecule has 0 aromatic heterocycles. The zero-order valence-electron chi connectivity index (χ0n) is 72.9. The Morgan fingerprint density at radius 2 is 0.690 bits per heavy atom. The summed E-state index contributed by atoms with van der Waals surface area (Å²) in [4.78, 5) is 141. The van der Waals surface area contributed by atoms with Gasteiger partial charge in [0.1, 0.15) is 53.9 Å². The highest BCUT2D eigenvalue weighted by Crippen LogP contribution is 2.38. The molecule has 6 aromatic rings. The Bertz CT molecular complexity index is 4840. The lowest BCUT2D eigenvalue weighted by Gasteiger charge is -2.52. The number of alkyl halides is 9. The fraction of sp³-hybridized carbons (Fsp3) is 0.500. The van der Waals surface area contributed by atoms with Crippen LogP contribution in [0.15, 0.2) is 127 Å². The van der Waals surface area contributed by atoms with Crippen LogP contribution in [0.5, 0.6) is 11.5 Å². The van der Waals surface area contributed by atoms with Crippen molar-refractivity contribution in [3.63, 3.8) is 0 Å². The molecule has 126 heavy (non-hydrogen) atoms. The molecule has 0 aliphatic carbocycles. The summed E-state index contributed by atoms with van der Waals surface area (Å²) in [6, 6.07) is 28.0. The third-order valence-corrected chi connectivity index (χ3v) is 23.0. The summed E-state index contributed by atoms with van der Waals surface area (Å²) in [7, 11) is 14.7. The van der Waals surface area contributed by atoms with Crippen molar-refractivity contribution in [2.75, 3.05) is 115 Å². The number of carbonyl (C=O) groups excluding carboxylic acids is 9. The smallest absolute Gasteiger partial charge is 0.416 e. The Kier molecular flexibility index (Phi) is 32.9. The predicted molar refractivity (Wildman–Crippen MR) is 449 cm³/mol. The number of unbranched alkanes of at least 4 members (excludes halogenated alkanes) is 2. The van der Waals surface area contributed by atoms with Gasteiger partial charge in [0.2, 0.25) is 35.4 Å². The van der Waals surface area contributed by atoms with E-state index in [1.165, 1.54) is 35.5 Å². The lowest BCUT2D eigenvalue weighted by molar-refractivity contribution is -0.167. The number of para-hydroxylation sites is 2. The molecule has 0 saturated carbocycles. The normalized spacial score (nSPS) is 19.3. The van der Waals surface area contributed by atoms with Crippen molar-refractivity contribution < 1.29 is 96.5 Å². The van der Waals surface area contributed by atoms with Crippen LogP contribution in [0.4, 0.5) is 58.3 Å². The van der Waals surface area contributed by atoms with Crippen LogP contribution < -0.4 is 25.4 Å². The average Bonchev–Trinajstić information content (AvgIpc) is 0.763. The maximum absolute atomic E-state index is 14.5. The van der Waals surface area contributed by atoms with Crippen molar-refractivity contribution in [1.29, 1.82) is 0 Å². The molecule has 6 saturated heterocycles. The van der Waals surface area contributed by atoms with Gasteiger partial charge in [0, 0.05) is 94.9 Å². The summed E-state index contributed by atoms with van der Waals surface area (Å²) in [5, 5.41) is 8.18. The molecule has 12 amide bonds. The van der Waals surface area contributed by atoms with E-state index in [4.69, 9.17) is 9.47 Å². The summed E-state index contributed by atoms with van der Waals surface area (Å²) in [5.41, 5.74) is 1.77. The quantitative estimate of drug-likeness (QED) is 0.0321. The number of rotatable bonds is 27. The van der Waals surface area contributed by atoms with Crippen LogP contribution in [-0.2, 0) is 86.6 Å². The summed E-state index contributed by atoms with van der Waals surface area (Å²) < 4.78 is 145. The molecule has 6 aliphatic rings. The second-order valence-corrected chi connectivity index (χ2v) is 33.4. The highest BCUT2D eigenvalue weighted by molar-refractivity contribution is 5.93. The molecule has 0 bridgehead atoms. The first-order valence-electron chi connectivity index (χ1n) is 42.0. The molecule has 6 fully saturated rings. The van der Waals surface area contributed by atoms with Gasteiger partial charge in [-0.15, -0.1) is 0 Å². The number of fused-ring (bicyclic) bond motifs is 3. The number of amides is 12. The lowest BCUT2D eigenvalue weighted by Crippen LogP contribution is -2.72. The number of urea groups is 3. The van der Waals surface area contributed by atoms with Crippen molar-refractivity contribution in [3.05, 3.63) is 200 Å². The van der Waals surface area contributed by atoms with Gasteiger partial charge in [0.15, 0.2) is 0 Å². The average molecular weight is 1770 g/mol. The molecule has 6 aromatic carbocycles. The van der Waals surface area contributed by atoms with Gasteiger partial charge in [-0.1, -0.05) is 89.5 Å². The molecule has 684 valence electrons. The predicted octanol–water partition coefficient (Wildman–Crippen LogP) is 12.1. The summed E-state index contributed by atoms with van der Waals surface area (Å²) in [6.45, 7) is 7.52. The van der Waals surface area contributed by atoms with Crippen LogP contribution in [-0.4, -0.2) is 264 Å². The Hall–Kier alpha value is -11.3. The molecule has 3 N–H and O–H groups in total. The number of aryl methyl sites for hydroxylation is 3. The number of nitrogens with one attached hydrogen (secondary N) is 3. The van der Waals surface area contributed by atoms with Crippen LogP contribution in [0, 0.1) is 26.6 Å². The molecule has 6 heterocycles. The number of hydrogen-bond donors (Lipinski definition) is 3. The third-order valence-electron chi connectivity index (χ3n) is 23.0. The fourth-order valence-electron chi connectivity index (χ4n) is 17.0. The van der Waals surface area contributed by atoms with Gasteiger partial charge in [0.05, 0.1) is 50.5 Å². The van der Waals surface area contributed by atoms with E-state index in [2.05, 4.69) is 20.9 Å². The Balaban J connectivity index is 0.000000197. The minimum Gasteiger partial charge on any atom is -0.496 e. The van der Waals surface area contributed by atoms with Crippen LogP contribution in [0.2, 0.25) is 0 Å². The highest BCUT2D eigenvalue weighted by atomic mass is 19.4. The van der Waals surface area contributed by atoms with Gasteiger partial charge in [-0.3, -0.25) is 28.8 Å². The first-order valence-corrected chi connectivity index (χ1v) is 42.0. The van der Waals surface area contributed by atoms with Crippen LogP contribution in [0.25, 0.3) is 0 Å². The molecule has 36 heteroatoms. The Morgan fingerprint density at radius 3 is 0.992 bits per heavy atom. The van der Waals surface area contributed by atoms with Gasteiger partial charge >= 0.3 is 36.6 Å². The van der Waals surface area contributed by atoms with E-state index in [9.17, 15) is 87.1 Å². The molecule has 6 atom stereocenters. The van der Waals surface area contributed by atoms with E-state index < -0.39 is 95.8 Å². The van der Waals surface area contributed by atoms with E-state index in [0.717, 1.165) is 73.5 Å². The molecule has 0 unspecified atom stereocenters. The standard InChI is InChI=1S/C31H40F3N5O4.C30H37F4N5O3.C29H36F3N5O4/c1-21-15-22(17-24(16-21)31(32,33)34)18-35-30(42)38-14-12-28(40)39-25(10-7-8-13-36(2)3)29(41)37(20-27(38)39)19-23-9-5-6-11-26(23)43-4;1-20-14-21(16-23(15-20)30(32,33)34)17-35-29(42)38-13-11-27(40)39-25(10-6-7-12-36(2)3)28(41)37(19-26(38)39)18-22-8-4-5-9-24(22)31;1-19-13-20(15-22(14-19)29(30,31)32)16-33-28(40)36-12-10-26(38)37-23(9-11-34(2)3)27(39)35(18-25(36)37)17-21-7-5-6-8-24(21)41-4/h5-6,9,11,15-17,25,27H,7-8,10,12-14,18-20H2,1-4H3,(H,35,42);4-5,8-9,14-16,25-26H,6-7,10-13,17-19H2,1-3H3,(H,35,42);5-8,13-15,23,25H,9-12,16-18H2,1-4H3,(H,33,40)/t25-,27+;25-,26+;23-,25+/m000/s1. The van der Waals surface area contributed by atoms with Crippen molar-refractivity contribution in [1.82, 2.24) is 74.7 Å². The molecule has 0 spiro atoms. The summed E-state index contributed by atoms with van der Waals surface area (Å²) >= 11 is 0. The topological polar surface area (TPSA) is 247 Å². The van der Waals surface area contributed by atoms with Gasteiger partial charge < -0.3 is 84.2 Å². The number of methoxy groups -OCH3 is 2. The molecule has 6 aliphatic heterocycles. The number of hydrogen-bond acceptors (Lipinski definition) is 14. The molecular formula is C90H113F10N15O11. The third kappa shape index (κ3) is 25.1. The number of carbonyl (C=O) groups is 9. The van der Waals surface area contributed by atoms with Crippen molar-refractivity contribution in [2.24, 2.45) is 0 Å². The minimum atomic E-state index is -4.52. The SMILES string of the molecule is COc1ccccc1CN1C[C@@H]2N(C(=O)NCc3cc(C)cc(C(F)(F)F)c3)CCC(=O)N2[C@@H](CCCCN(C)C)C1=O.COc1ccccc1CN1C[C@@H]2N(C(=O)NCc3cc(C)cc(C(F)(F)F)c3)CCC(=O)N2[C@@H](CCN(C)C)C1=O.Cc1cc(CNC(=O)N2CCC(=O)N3[C@@H]2CN(Cc2ccccc2F)C(=O)[C@@H]3CCCCN(C)C)cc(C(F)(F)F)c1. The van der Waals surface area contributed by atoms with Gasteiger partial charge in [-0.2, -0.15) is 39.5 Å². The number of piperazine rings is 3. The molecule has 26 nitrogen and oxygen atoms in total. The largest absolute Gasteiger partial charge is 0.496 e. The maximum atomic E-state index is 14.5. The second kappa shape index (κ2) is 42.8. The zero-order valence-corrected chi connectivity index (χ0v) is 72.9. The first kappa shape index (κ1) is 96.9. The number of halogens is 10. The fourth-order valence-corrected chi connectivity index (χ4v) is 17.0. The van der Waals surface area contributed by atoms with E-state index >= 15 is 0 Å². The Labute approximate surface area is 728 Å². The molecular weight excluding hydrogens is 1660 g/mol. The van der Waals surface area contributed by atoms with Crippen LogP contribution >= 0.6 is 0 Å². The maximum Gasteiger partial charge on any atom is 0.416 e. The van der Waals surface area contributed by atoms with Gasteiger partial charge in [0.25, 0.3) is 0 Å². The van der Waals surface area contributed by atoms with Gasteiger partial charge in [-0.25, -0.2) is 18.8 Å². The van der Waals surface area contributed by atoms with Crippen LogP contribution in [0.1, 0.15) is 131 Å². The number of ether oxygens (including phenoxy) is 2. The van der Waals surface area contributed by atoms with Crippen LogP contribution in [0.3, 0.4) is 0 Å². The monoisotopic (exact) mass is 1770 g/mol. The minimum absolute atomic E-state index is 0.0107.